The van der Waals surface area contributed by atoms with Crippen molar-refractivity contribution in [2.45, 2.75) is 6.42 Å². The second kappa shape index (κ2) is 6.47. The molecule has 1 heterocycles. The maximum Gasteiger partial charge on any atom is 0.188 e. The van der Waals surface area contributed by atoms with Gasteiger partial charge in [0.05, 0.1) is 5.69 Å². The van der Waals surface area contributed by atoms with Crippen LogP contribution in [-0.2, 0) is 4.74 Å². The second-order valence-corrected chi connectivity index (χ2v) is 4.11. The van der Waals surface area contributed by atoms with Crippen LogP contribution in [0.25, 0.3) is 0 Å². The van der Waals surface area contributed by atoms with Crippen molar-refractivity contribution in [1.82, 2.24) is 5.32 Å². The highest BCUT2D eigenvalue weighted by molar-refractivity contribution is 5.58. The van der Waals surface area contributed by atoms with Crippen LogP contribution in [0, 0.1) is 0 Å². The topological polar surface area (TPSA) is 33.7 Å². The Bertz CT molecular complexity index is 336. The Morgan fingerprint density at radius 2 is 2.12 bits per heavy atom. The highest BCUT2D eigenvalue weighted by Crippen LogP contribution is 2.28. The molecular weight excluding hydrogens is 216 g/mol. The monoisotopic (exact) mass is 236 g/mol. The minimum atomic E-state index is 0.295. The molecular formula is C13H20N2O2. The second-order valence-electron chi connectivity index (χ2n) is 4.11. The molecule has 4 heteroatoms. The number of nitrogens with zero attached hydrogens (tertiary/aromatic N) is 1. The average molecular weight is 236 g/mol. The fourth-order valence-corrected chi connectivity index (χ4v) is 2.05. The molecule has 1 fully saturated rings. The summed E-state index contributed by atoms with van der Waals surface area (Å²) in [4.78, 5) is 2.37. The van der Waals surface area contributed by atoms with E-state index in [1.54, 1.807) is 7.11 Å². The van der Waals surface area contributed by atoms with E-state index in [1.807, 2.05) is 18.2 Å². The number of nitrogens with one attached hydrogen (secondary N) is 1. The van der Waals surface area contributed by atoms with E-state index in [0.717, 1.165) is 37.6 Å². The van der Waals surface area contributed by atoms with Crippen molar-refractivity contribution in [2.24, 2.45) is 0 Å². The number of anilines is 1. The molecule has 1 aromatic rings. The third-order valence-electron chi connectivity index (χ3n) is 2.88. The summed E-state index contributed by atoms with van der Waals surface area (Å²) in [5, 5.41) is 3.40. The normalized spacial score (nSPS) is 16.6. The third kappa shape index (κ3) is 3.35. The Morgan fingerprint density at radius 3 is 3.00 bits per heavy atom. The lowest BCUT2D eigenvalue weighted by molar-refractivity contribution is 0.0514. The summed E-state index contributed by atoms with van der Waals surface area (Å²) in [5.74, 6) is 0.899. The Labute approximate surface area is 103 Å². The van der Waals surface area contributed by atoms with Crippen molar-refractivity contribution in [3.8, 4) is 5.75 Å². The standard InChI is InChI=1S/C13H20N2O2/c1-16-11-17-13-6-3-2-5-12(13)15-9-4-7-14-8-10-15/h2-3,5-6,14H,4,7-11H2,1H3. The van der Waals surface area contributed by atoms with Gasteiger partial charge in [0, 0.05) is 26.7 Å². The number of benzene rings is 1. The molecule has 2 rings (SSSR count). The van der Waals surface area contributed by atoms with Gasteiger partial charge in [0.25, 0.3) is 0 Å². The van der Waals surface area contributed by atoms with E-state index in [1.165, 1.54) is 6.42 Å². The zero-order valence-electron chi connectivity index (χ0n) is 10.3. The van der Waals surface area contributed by atoms with E-state index in [4.69, 9.17) is 9.47 Å². The number of hydrogen-bond acceptors (Lipinski definition) is 4. The molecule has 0 radical (unpaired) electrons. The van der Waals surface area contributed by atoms with Crippen LogP contribution in [0.15, 0.2) is 24.3 Å². The zero-order valence-corrected chi connectivity index (χ0v) is 10.3. The Kier molecular flexibility index (Phi) is 4.64. The van der Waals surface area contributed by atoms with Crippen LogP contribution >= 0.6 is 0 Å². The van der Waals surface area contributed by atoms with Crippen LogP contribution in [-0.4, -0.2) is 40.1 Å². The molecule has 1 aliphatic rings. The zero-order chi connectivity index (χ0) is 11.9. The van der Waals surface area contributed by atoms with Gasteiger partial charge in [-0.1, -0.05) is 12.1 Å². The first-order valence-electron chi connectivity index (χ1n) is 6.08. The van der Waals surface area contributed by atoms with Gasteiger partial charge in [-0.15, -0.1) is 0 Å². The lowest BCUT2D eigenvalue weighted by Crippen LogP contribution is -2.28. The molecule has 17 heavy (non-hydrogen) atoms. The molecule has 0 saturated carbocycles. The van der Waals surface area contributed by atoms with E-state index in [-0.39, 0.29) is 0 Å². The van der Waals surface area contributed by atoms with Gasteiger partial charge >= 0.3 is 0 Å². The first-order chi connectivity index (χ1) is 8.42. The van der Waals surface area contributed by atoms with Crippen molar-refractivity contribution >= 4 is 5.69 Å². The Morgan fingerprint density at radius 1 is 1.24 bits per heavy atom. The molecule has 0 aromatic heterocycles. The number of methoxy groups -OCH3 is 1. The molecule has 0 unspecified atom stereocenters. The summed E-state index contributed by atoms with van der Waals surface area (Å²) >= 11 is 0. The largest absolute Gasteiger partial charge is 0.465 e. The molecule has 4 nitrogen and oxygen atoms in total. The SMILES string of the molecule is COCOc1ccccc1N1CCCNCC1. The molecule has 1 aromatic carbocycles. The molecule has 0 aliphatic carbocycles. The van der Waals surface area contributed by atoms with Crippen LogP contribution in [0.5, 0.6) is 5.75 Å². The molecule has 0 bridgehead atoms. The lowest BCUT2D eigenvalue weighted by Gasteiger charge is -2.24. The van der Waals surface area contributed by atoms with Crippen molar-refractivity contribution < 1.29 is 9.47 Å². The molecule has 0 atom stereocenters. The molecule has 0 spiro atoms. The van der Waals surface area contributed by atoms with E-state index in [2.05, 4.69) is 16.3 Å². The van der Waals surface area contributed by atoms with Gasteiger partial charge in [-0.3, -0.25) is 0 Å². The highest BCUT2D eigenvalue weighted by atomic mass is 16.7. The maximum absolute atomic E-state index is 5.60. The molecule has 1 aliphatic heterocycles. The highest BCUT2D eigenvalue weighted by Gasteiger charge is 2.13. The number of para-hydroxylation sites is 2. The van der Waals surface area contributed by atoms with E-state index >= 15 is 0 Å². The summed E-state index contributed by atoms with van der Waals surface area (Å²) in [5.41, 5.74) is 1.16. The van der Waals surface area contributed by atoms with Crippen molar-refractivity contribution in [3.05, 3.63) is 24.3 Å². The first-order valence-corrected chi connectivity index (χ1v) is 6.08. The molecule has 0 amide bonds. The fourth-order valence-electron chi connectivity index (χ4n) is 2.05. The molecule has 1 saturated heterocycles. The lowest BCUT2D eigenvalue weighted by atomic mass is 10.2. The van der Waals surface area contributed by atoms with Crippen molar-refractivity contribution in [1.29, 1.82) is 0 Å². The van der Waals surface area contributed by atoms with Crippen LogP contribution in [0.4, 0.5) is 5.69 Å². The van der Waals surface area contributed by atoms with E-state index < -0.39 is 0 Å². The predicted molar refractivity (Wildman–Crippen MR) is 68.6 cm³/mol. The van der Waals surface area contributed by atoms with Gasteiger partial charge in [0.1, 0.15) is 5.75 Å². The number of rotatable bonds is 4. The van der Waals surface area contributed by atoms with Crippen LogP contribution in [0.3, 0.4) is 0 Å². The van der Waals surface area contributed by atoms with Gasteiger partial charge in [0.15, 0.2) is 6.79 Å². The average Bonchev–Trinajstić information content (AvgIpc) is 2.65. The van der Waals surface area contributed by atoms with Crippen LogP contribution in [0.2, 0.25) is 0 Å². The fraction of sp³-hybridized carbons (Fsp3) is 0.538. The summed E-state index contributed by atoms with van der Waals surface area (Å²) in [6.45, 7) is 4.51. The van der Waals surface area contributed by atoms with Crippen LogP contribution < -0.4 is 15.0 Å². The van der Waals surface area contributed by atoms with Crippen molar-refractivity contribution in [3.63, 3.8) is 0 Å². The van der Waals surface area contributed by atoms with Gasteiger partial charge in [-0.05, 0) is 25.1 Å². The molecule has 94 valence electrons. The smallest absolute Gasteiger partial charge is 0.188 e. The van der Waals surface area contributed by atoms with E-state index in [0.29, 0.717) is 6.79 Å². The number of hydrogen-bond donors (Lipinski definition) is 1. The predicted octanol–water partition coefficient (Wildman–Crippen LogP) is 1.47. The first kappa shape index (κ1) is 12.2. The van der Waals surface area contributed by atoms with E-state index in [9.17, 15) is 0 Å². The Balaban J connectivity index is 2.11. The summed E-state index contributed by atoms with van der Waals surface area (Å²) in [7, 11) is 1.64. The minimum Gasteiger partial charge on any atom is -0.465 e. The molecule has 1 N–H and O–H groups in total. The van der Waals surface area contributed by atoms with Gasteiger partial charge in [-0.25, -0.2) is 0 Å². The maximum atomic E-state index is 5.60. The quantitative estimate of drug-likeness (QED) is 0.803. The minimum absolute atomic E-state index is 0.295. The third-order valence-corrected chi connectivity index (χ3v) is 2.88. The summed E-state index contributed by atoms with van der Waals surface area (Å²) in [6, 6.07) is 8.14. The van der Waals surface area contributed by atoms with Crippen molar-refractivity contribution in [2.75, 3.05) is 45.0 Å². The van der Waals surface area contributed by atoms with Crippen LogP contribution in [0.1, 0.15) is 6.42 Å². The summed E-state index contributed by atoms with van der Waals surface area (Å²) < 4.78 is 10.6. The summed E-state index contributed by atoms with van der Waals surface area (Å²) in [6.07, 6.45) is 1.17. The van der Waals surface area contributed by atoms with Gasteiger partial charge in [-0.2, -0.15) is 0 Å². The number of ether oxygens (including phenoxy) is 2. The Hall–Kier alpha value is -1.26. The van der Waals surface area contributed by atoms with Gasteiger partial charge in [0.2, 0.25) is 0 Å². The van der Waals surface area contributed by atoms with Gasteiger partial charge < -0.3 is 19.7 Å².